The molecular formula is C15H28N2O. The summed E-state index contributed by atoms with van der Waals surface area (Å²) in [7, 11) is 0. The molecule has 1 saturated carbocycles. The molecule has 0 bridgehead atoms. The van der Waals surface area contributed by atoms with Crippen LogP contribution in [0.15, 0.2) is 0 Å². The number of amides is 1. The Morgan fingerprint density at radius 2 is 1.67 bits per heavy atom. The zero-order chi connectivity index (χ0) is 13.3. The molecule has 2 aliphatic rings. The van der Waals surface area contributed by atoms with E-state index >= 15 is 0 Å². The van der Waals surface area contributed by atoms with E-state index in [0.29, 0.717) is 23.8 Å². The van der Waals surface area contributed by atoms with Crippen molar-refractivity contribution >= 4 is 5.91 Å². The van der Waals surface area contributed by atoms with Crippen LogP contribution in [0.1, 0.15) is 59.8 Å². The Bertz CT molecular complexity index is 295. The summed E-state index contributed by atoms with van der Waals surface area (Å²) in [6, 6.07) is 0.509. The van der Waals surface area contributed by atoms with Gasteiger partial charge in [-0.15, -0.1) is 0 Å². The van der Waals surface area contributed by atoms with E-state index in [9.17, 15) is 4.79 Å². The van der Waals surface area contributed by atoms with Crippen molar-refractivity contribution in [2.75, 3.05) is 0 Å². The van der Waals surface area contributed by atoms with Gasteiger partial charge in [-0.25, -0.2) is 0 Å². The number of hydrogen-bond acceptors (Lipinski definition) is 2. The quantitative estimate of drug-likeness (QED) is 0.837. The second kappa shape index (κ2) is 5.60. The second-order valence-electron chi connectivity index (χ2n) is 6.61. The maximum Gasteiger partial charge on any atom is 0.241 e. The average Bonchev–Trinajstić information content (AvgIpc) is 2.68. The minimum atomic E-state index is 0.0272. The van der Waals surface area contributed by atoms with E-state index in [0.717, 1.165) is 0 Å². The number of carbonyl (C=O) groups is 1. The Hall–Kier alpha value is -0.570. The molecule has 3 nitrogen and oxygen atoms in total. The zero-order valence-corrected chi connectivity index (χ0v) is 12.3. The highest BCUT2D eigenvalue weighted by atomic mass is 16.2. The first-order valence-electron chi connectivity index (χ1n) is 7.60. The van der Waals surface area contributed by atoms with E-state index in [1.54, 1.807) is 0 Å². The van der Waals surface area contributed by atoms with Crippen LogP contribution in [0.4, 0.5) is 0 Å². The van der Waals surface area contributed by atoms with Gasteiger partial charge in [0.1, 0.15) is 0 Å². The topological polar surface area (TPSA) is 32.3 Å². The van der Waals surface area contributed by atoms with Crippen molar-refractivity contribution in [1.82, 2.24) is 10.2 Å². The van der Waals surface area contributed by atoms with Crippen molar-refractivity contribution in [3.8, 4) is 0 Å². The Morgan fingerprint density at radius 3 is 2.17 bits per heavy atom. The monoisotopic (exact) mass is 252 g/mol. The van der Waals surface area contributed by atoms with E-state index in [4.69, 9.17) is 0 Å². The third-order valence-electron chi connectivity index (χ3n) is 4.44. The van der Waals surface area contributed by atoms with E-state index < -0.39 is 0 Å². The Kier molecular flexibility index (Phi) is 4.31. The summed E-state index contributed by atoms with van der Waals surface area (Å²) in [5, 5.41) is 3.56. The summed E-state index contributed by atoms with van der Waals surface area (Å²) in [5.74, 6) is 1.21. The highest BCUT2D eigenvalue weighted by Crippen LogP contribution is 2.30. The molecule has 2 rings (SSSR count). The van der Waals surface area contributed by atoms with Gasteiger partial charge in [0.15, 0.2) is 0 Å². The van der Waals surface area contributed by atoms with Gasteiger partial charge < -0.3 is 4.90 Å². The molecule has 2 unspecified atom stereocenters. The molecule has 1 N–H and O–H groups in total. The van der Waals surface area contributed by atoms with Crippen LogP contribution in [0.5, 0.6) is 0 Å². The Morgan fingerprint density at radius 1 is 1.06 bits per heavy atom. The highest BCUT2D eigenvalue weighted by Gasteiger charge is 2.44. The number of nitrogens with zero attached hydrogens (tertiary/aromatic N) is 1. The van der Waals surface area contributed by atoms with E-state index in [-0.39, 0.29) is 12.2 Å². The van der Waals surface area contributed by atoms with Gasteiger partial charge in [0.05, 0.1) is 12.2 Å². The molecule has 2 atom stereocenters. The molecule has 104 valence electrons. The van der Waals surface area contributed by atoms with Crippen molar-refractivity contribution in [2.45, 2.75) is 78.0 Å². The molecule has 1 aliphatic heterocycles. The fourth-order valence-electron chi connectivity index (χ4n) is 3.39. The maximum atomic E-state index is 12.6. The van der Waals surface area contributed by atoms with Crippen LogP contribution in [-0.2, 0) is 4.79 Å². The average molecular weight is 252 g/mol. The molecule has 2 fully saturated rings. The first kappa shape index (κ1) is 13.9. The zero-order valence-electron chi connectivity index (χ0n) is 12.3. The van der Waals surface area contributed by atoms with Gasteiger partial charge in [-0.1, -0.05) is 47.0 Å². The van der Waals surface area contributed by atoms with Crippen molar-refractivity contribution in [3.05, 3.63) is 0 Å². The minimum absolute atomic E-state index is 0.0272. The van der Waals surface area contributed by atoms with Crippen LogP contribution in [0, 0.1) is 11.8 Å². The number of nitrogens with one attached hydrogen (secondary N) is 1. The normalized spacial score (nSPS) is 30.8. The van der Waals surface area contributed by atoms with Crippen molar-refractivity contribution in [3.63, 3.8) is 0 Å². The Balaban J connectivity index is 2.15. The van der Waals surface area contributed by atoms with E-state index in [1.165, 1.54) is 32.1 Å². The minimum Gasteiger partial charge on any atom is -0.323 e. The molecule has 0 radical (unpaired) electrons. The lowest BCUT2D eigenvalue weighted by atomic mass is 9.93. The molecule has 18 heavy (non-hydrogen) atoms. The smallest absolute Gasteiger partial charge is 0.241 e. The van der Waals surface area contributed by atoms with Gasteiger partial charge in [0, 0.05) is 6.04 Å². The predicted octanol–water partition coefficient (Wildman–Crippen LogP) is 2.76. The lowest BCUT2D eigenvalue weighted by Gasteiger charge is -2.36. The summed E-state index contributed by atoms with van der Waals surface area (Å²) in [6.45, 7) is 8.70. The van der Waals surface area contributed by atoms with Crippen LogP contribution in [-0.4, -0.2) is 29.1 Å². The fourth-order valence-corrected chi connectivity index (χ4v) is 3.39. The van der Waals surface area contributed by atoms with Crippen molar-refractivity contribution < 1.29 is 4.79 Å². The number of hydrogen-bond donors (Lipinski definition) is 1. The number of rotatable bonds is 3. The van der Waals surface area contributed by atoms with Crippen LogP contribution >= 0.6 is 0 Å². The largest absolute Gasteiger partial charge is 0.323 e. The van der Waals surface area contributed by atoms with Gasteiger partial charge >= 0.3 is 0 Å². The predicted molar refractivity (Wildman–Crippen MR) is 74.1 cm³/mol. The van der Waals surface area contributed by atoms with Crippen LogP contribution in [0.2, 0.25) is 0 Å². The number of carbonyl (C=O) groups excluding carboxylic acids is 1. The van der Waals surface area contributed by atoms with Gasteiger partial charge in [0.2, 0.25) is 5.91 Å². The summed E-state index contributed by atoms with van der Waals surface area (Å²) >= 11 is 0. The first-order chi connectivity index (χ1) is 8.52. The molecule has 3 heteroatoms. The first-order valence-corrected chi connectivity index (χ1v) is 7.60. The lowest BCUT2D eigenvalue weighted by Crippen LogP contribution is -2.48. The van der Waals surface area contributed by atoms with Gasteiger partial charge in [-0.05, 0) is 24.7 Å². The molecule has 1 amide bonds. The standard InChI is InChI=1S/C15H28N2O/c1-10(2)13-15(18)17(14(16-13)11(3)4)12-8-6-5-7-9-12/h10-14,16H,5-9H2,1-4H3. The highest BCUT2D eigenvalue weighted by molar-refractivity contribution is 5.85. The molecule has 1 aliphatic carbocycles. The summed E-state index contributed by atoms with van der Waals surface area (Å²) < 4.78 is 0. The molecular weight excluding hydrogens is 224 g/mol. The second-order valence-corrected chi connectivity index (χ2v) is 6.61. The third kappa shape index (κ3) is 2.56. The summed E-state index contributed by atoms with van der Waals surface area (Å²) in [5.41, 5.74) is 0. The fraction of sp³-hybridized carbons (Fsp3) is 0.933. The third-order valence-corrected chi connectivity index (χ3v) is 4.44. The molecule has 0 aromatic heterocycles. The summed E-state index contributed by atoms with van der Waals surface area (Å²) in [6.07, 6.45) is 6.54. The lowest BCUT2D eigenvalue weighted by molar-refractivity contribution is -0.134. The SMILES string of the molecule is CC(C)C1NC(C(C)C)N(C2CCCCC2)C1=O. The van der Waals surface area contributed by atoms with Crippen LogP contribution in [0.25, 0.3) is 0 Å². The van der Waals surface area contributed by atoms with Gasteiger partial charge in [-0.2, -0.15) is 0 Å². The van der Waals surface area contributed by atoms with E-state index in [2.05, 4.69) is 37.9 Å². The molecule has 0 aromatic rings. The van der Waals surface area contributed by atoms with Gasteiger partial charge in [-0.3, -0.25) is 10.1 Å². The molecule has 0 aromatic carbocycles. The van der Waals surface area contributed by atoms with Crippen molar-refractivity contribution in [1.29, 1.82) is 0 Å². The summed E-state index contributed by atoms with van der Waals surface area (Å²) in [4.78, 5) is 14.8. The van der Waals surface area contributed by atoms with Crippen molar-refractivity contribution in [2.24, 2.45) is 11.8 Å². The molecule has 1 saturated heterocycles. The molecule has 1 heterocycles. The van der Waals surface area contributed by atoms with Gasteiger partial charge in [0.25, 0.3) is 0 Å². The Labute approximate surface area is 111 Å². The van der Waals surface area contributed by atoms with Crippen LogP contribution < -0.4 is 5.32 Å². The van der Waals surface area contributed by atoms with Crippen LogP contribution in [0.3, 0.4) is 0 Å². The maximum absolute atomic E-state index is 12.6. The van der Waals surface area contributed by atoms with E-state index in [1.807, 2.05) is 0 Å². The molecule has 0 spiro atoms.